The molecule has 2 N–H and O–H groups in total. The molecule has 8 heteroatoms. The first-order valence-electron chi connectivity index (χ1n) is 8.04. The van der Waals surface area contributed by atoms with Gasteiger partial charge in [-0.15, -0.1) is 0 Å². The van der Waals surface area contributed by atoms with Crippen LogP contribution in [0, 0.1) is 0 Å². The maximum absolute atomic E-state index is 12.4. The Labute approximate surface area is 157 Å². The van der Waals surface area contributed by atoms with E-state index in [1.807, 2.05) is 0 Å². The Hall–Kier alpha value is -3.42. The van der Waals surface area contributed by atoms with Crippen molar-refractivity contribution in [1.82, 2.24) is 5.32 Å². The summed E-state index contributed by atoms with van der Waals surface area (Å²) in [5.41, 5.74) is 0.879. The van der Waals surface area contributed by atoms with Crippen LogP contribution in [0.5, 0.6) is 23.0 Å². The number of carbonyl (C=O) groups excluding carboxylic acids is 2. The first kappa shape index (κ1) is 19.9. The Balaban J connectivity index is 2.01. The smallest absolute Gasteiger partial charge is 0.251 e. The van der Waals surface area contributed by atoms with Crippen LogP contribution in [0.3, 0.4) is 0 Å². The zero-order valence-corrected chi connectivity index (χ0v) is 15.6. The number of rotatable bonds is 8. The minimum atomic E-state index is -0.445. The lowest BCUT2D eigenvalue weighted by atomic mass is 10.1. The highest BCUT2D eigenvalue weighted by molar-refractivity contribution is 6.00. The van der Waals surface area contributed by atoms with Gasteiger partial charge in [0.2, 0.25) is 11.7 Å². The SMILES string of the molecule is COc1ccc(NC(=O)CNC(=O)c2cc(OC)c(OC)c(OC)c2)cc1. The fraction of sp³-hybridized carbons (Fsp3) is 0.263. The summed E-state index contributed by atoms with van der Waals surface area (Å²) in [5, 5.41) is 5.24. The fourth-order valence-electron chi connectivity index (χ4n) is 2.35. The molecule has 2 rings (SSSR count). The van der Waals surface area contributed by atoms with Crippen LogP contribution in [0.2, 0.25) is 0 Å². The maximum atomic E-state index is 12.4. The van der Waals surface area contributed by atoms with Crippen molar-refractivity contribution in [3.8, 4) is 23.0 Å². The van der Waals surface area contributed by atoms with Crippen LogP contribution >= 0.6 is 0 Å². The van der Waals surface area contributed by atoms with Gasteiger partial charge in [-0.3, -0.25) is 9.59 Å². The summed E-state index contributed by atoms with van der Waals surface area (Å²) in [7, 11) is 5.96. The molecule has 0 unspecified atom stereocenters. The molecule has 0 aliphatic rings. The van der Waals surface area contributed by atoms with Crippen molar-refractivity contribution >= 4 is 17.5 Å². The van der Waals surface area contributed by atoms with Gasteiger partial charge < -0.3 is 29.6 Å². The minimum absolute atomic E-state index is 0.193. The summed E-state index contributed by atoms with van der Waals surface area (Å²) in [6.45, 7) is -0.193. The van der Waals surface area contributed by atoms with Crippen LogP contribution in [0.1, 0.15) is 10.4 Å². The van der Waals surface area contributed by atoms with E-state index in [9.17, 15) is 9.59 Å². The van der Waals surface area contributed by atoms with E-state index in [0.717, 1.165) is 0 Å². The third-order valence-corrected chi connectivity index (χ3v) is 3.71. The number of hydrogen-bond donors (Lipinski definition) is 2. The van der Waals surface area contributed by atoms with Gasteiger partial charge in [0.25, 0.3) is 5.91 Å². The van der Waals surface area contributed by atoms with E-state index >= 15 is 0 Å². The standard InChI is InChI=1S/C19H22N2O6/c1-24-14-7-5-13(6-8-14)21-17(22)11-20-19(23)12-9-15(25-2)18(27-4)16(10-12)26-3/h5-10H,11H2,1-4H3,(H,20,23)(H,21,22). The molecule has 0 spiro atoms. The number of amides is 2. The second-order valence-corrected chi connectivity index (χ2v) is 5.37. The molecule has 144 valence electrons. The molecule has 0 atom stereocenters. The van der Waals surface area contributed by atoms with Crippen molar-refractivity contribution in [1.29, 1.82) is 0 Å². The second kappa shape index (κ2) is 9.33. The molecule has 0 heterocycles. The molecule has 0 bridgehead atoms. The van der Waals surface area contributed by atoms with Crippen molar-refractivity contribution in [2.45, 2.75) is 0 Å². The third kappa shape index (κ3) is 5.04. The highest BCUT2D eigenvalue weighted by Gasteiger charge is 2.17. The summed E-state index contributed by atoms with van der Waals surface area (Å²) in [6, 6.07) is 9.89. The van der Waals surface area contributed by atoms with E-state index in [0.29, 0.717) is 28.7 Å². The summed E-state index contributed by atoms with van der Waals surface area (Å²) >= 11 is 0. The van der Waals surface area contributed by atoms with Crippen molar-refractivity contribution in [3.63, 3.8) is 0 Å². The molecule has 2 aromatic rings. The Morgan fingerprint density at radius 1 is 0.852 bits per heavy atom. The lowest BCUT2D eigenvalue weighted by Crippen LogP contribution is -2.32. The molecule has 0 fully saturated rings. The average Bonchev–Trinajstić information content (AvgIpc) is 2.71. The van der Waals surface area contributed by atoms with Gasteiger partial charge in [-0.05, 0) is 36.4 Å². The predicted octanol–water partition coefficient (Wildman–Crippen LogP) is 2.09. The molecule has 0 saturated carbocycles. The van der Waals surface area contributed by atoms with Crippen LogP contribution in [0.15, 0.2) is 36.4 Å². The summed E-state index contributed by atoms with van der Waals surface area (Å²) in [4.78, 5) is 24.4. The van der Waals surface area contributed by atoms with Crippen molar-refractivity contribution in [2.24, 2.45) is 0 Å². The number of carbonyl (C=O) groups is 2. The molecule has 0 aromatic heterocycles. The molecular weight excluding hydrogens is 352 g/mol. The molecule has 0 aliphatic heterocycles. The minimum Gasteiger partial charge on any atom is -0.497 e. The number of methoxy groups -OCH3 is 4. The van der Waals surface area contributed by atoms with Crippen LogP contribution in [0.4, 0.5) is 5.69 Å². The molecule has 0 saturated heterocycles. The highest BCUT2D eigenvalue weighted by atomic mass is 16.5. The van der Waals surface area contributed by atoms with Gasteiger partial charge in [-0.2, -0.15) is 0 Å². The van der Waals surface area contributed by atoms with E-state index in [1.54, 1.807) is 31.4 Å². The number of hydrogen-bond acceptors (Lipinski definition) is 6. The number of anilines is 1. The zero-order chi connectivity index (χ0) is 19.8. The normalized spacial score (nSPS) is 9.93. The molecule has 8 nitrogen and oxygen atoms in total. The lowest BCUT2D eigenvalue weighted by molar-refractivity contribution is -0.115. The van der Waals surface area contributed by atoms with Gasteiger partial charge in [-0.1, -0.05) is 0 Å². The highest BCUT2D eigenvalue weighted by Crippen LogP contribution is 2.38. The van der Waals surface area contributed by atoms with Crippen LogP contribution in [-0.2, 0) is 4.79 Å². The Kier molecular flexibility index (Phi) is 6.87. The Morgan fingerprint density at radius 3 is 1.93 bits per heavy atom. The third-order valence-electron chi connectivity index (χ3n) is 3.71. The summed E-state index contributed by atoms with van der Waals surface area (Å²) < 4.78 is 20.7. The lowest BCUT2D eigenvalue weighted by Gasteiger charge is -2.14. The van der Waals surface area contributed by atoms with Gasteiger partial charge in [0, 0.05) is 11.3 Å². The number of ether oxygens (including phenoxy) is 4. The van der Waals surface area contributed by atoms with E-state index < -0.39 is 5.91 Å². The number of nitrogens with one attached hydrogen (secondary N) is 2. The maximum Gasteiger partial charge on any atom is 0.251 e. The van der Waals surface area contributed by atoms with Gasteiger partial charge in [-0.25, -0.2) is 0 Å². The topological polar surface area (TPSA) is 95.1 Å². The van der Waals surface area contributed by atoms with Crippen molar-refractivity contribution in [3.05, 3.63) is 42.0 Å². The predicted molar refractivity (Wildman–Crippen MR) is 100 cm³/mol. The van der Waals surface area contributed by atoms with E-state index in [-0.39, 0.29) is 18.0 Å². The molecule has 2 amide bonds. The first-order valence-corrected chi connectivity index (χ1v) is 8.04. The molecule has 0 aliphatic carbocycles. The fourth-order valence-corrected chi connectivity index (χ4v) is 2.35. The van der Waals surface area contributed by atoms with Gasteiger partial charge >= 0.3 is 0 Å². The van der Waals surface area contributed by atoms with Crippen molar-refractivity contribution in [2.75, 3.05) is 40.3 Å². The van der Waals surface area contributed by atoms with E-state index in [1.165, 1.54) is 33.5 Å². The molecule has 2 aromatic carbocycles. The summed E-state index contributed by atoms with van der Waals surface area (Å²) in [6.07, 6.45) is 0. The van der Waals surface area contributed by atoms with Crippen LogP contribution in [-0.4, -0.2) is 46.8 Å². The quantitative estimate of drug-likeness (QED) is 0.735. The number of benzene rings is 2. The van der Waals surface area contributed by atoms with Crippen LogP contribution < -0.4 is 29.6 Å². The van der Waals surface area contributed by atoms with Gasteiger partial charge in [0.1, 0.15) is 5.75 Å². The Morgan fingerprint density at radius 2 is 1.44 bits per heavy atom. The molecular formula is C19H22N2O6. The summed E-state index contributed by atoms with van der Waals surface area (Å²) in [5.74, 6) is 0.965. The molecule has 27 heavy (non-hydrogen) atoms. The van der Waals surface area contributed by atoms with Crippen molar-refractivity contribution < 1.29 is 28.5 Å². The van der Waals surface area contributed by atoms with Gasteiger partial charge in [0.05, 0.1) is 35.0 Å². The van der Waals surface area contributed by atoms with E-state index in [2.05, 4.69) is 10.6 Å². The largest absolute Gasteiger partial charge is 0.497 e. The second-order valence-electron chi connectivity index (χ2n) is 5.37. The first-order chi connectivity index (χ1) is 13.0. The molecule has 0 radical (unpaired) electrons. The Bertz CT molecular complexity index is 779. The van der Waals surface area contributed by atoms with E-state index in [4.69, 9.17) is 18.9 Å². The average molecular weight is 374 g/mol. The zero-order valence-electron chi connectivity index (χ0n) is 15.6. The van der Waals surface area contributed by atoms with Gasteiger partial charge in [0.15, 0.2) is 11.5 Å². The monoisotopic (exact) mass is 374 g/mol. The van der Waals surface area contributed by atoms with Crippen LogP contribution in [0.25, 0.3) is 0 Å².